The molecule has 33 heteroatoms. The SMILES string of the molecule is CCc1cc(NC(=O)C(=O)N2C[C@@H](C)CC[C@@H]2c2ccc3scnc3c2)cnc1N.CCc1cc(NC(=O)C(=O)N2C[C@H](C)CC[C@H]2c2ccc3scnc3c2)cnc1N.CCc1cc(NC(=O)C(=O)N2C[C@H](C)CC[C@H]2c2ccc3scnc3c2)cnc1N.CCc1cc(NC(=O)C(=O)O)cnc1N.C[C@@H]1CC[C@@H](c2ccc3scnc3c2)NC1. The van der Waals surface area contributed by atoms with E-state index in [2.05, 4.69) is 112 Å². The number of benzene rings is 4. The largest absolute Gasteiger partial charge is 0.474 e. The summed E-state index contributed by atoms with van der Waals surface area (Å²) in [5, 5.41) is 22.3. The number of aliphatic carboxylic acids is 1. The van der Waals surface area contributed by atoms with Crippen LogP contribution >= 0.6 is 45.3 Å². The minimum atomic E-state index is -1.54. The van der Waals surface area contributed by atoms with Gasteiger partial charge in [0.2, 0.25) is 0 Å². The van der Waals surface area contributed by atoms with Gasteiger partial charge in [-0.15, -0.1) is 45.3 Å². The lowest BCUT2D eigenvalue weighted by Crippen LogP contribution is -2.46. The van der Waals surface area contributed by atoms with Gasteiger partial charge in [0.25, 0.3) is 0 Å². The van der Waals surface area contributed by atoms with E-state index in [4.69, 9.17) is 28.0 Å². The van der Waals surface area contributed by atoms with Gasteiger partial charge in [0, 0.05) is 25.7 Å². The summed E-state index contributed by atoms with van der Waals surface area (Å²) in [6.07, 6.45) is 16.5. The molecule has 0 radical (unpaired) electrons. The summed E-state index contributed by atoms with van der Waals surface area (Å²) in [7, 11) is 0. The van der Waals surface area contributed by atoms with Crippen molar-refractivity contribution in [3.63, 3.8) is 0 Å². The molecule has 8 atom stereocenters. The first-order chi connectivity index (χ1) is 58.2. The number of fused-ring (bicyclic) bond motifs is 4. The molecule has 8 aromatic heterocycles. The van der Waals surface area contributed by atoms with Crippen molar-refractivity contribution in [2.45, 2.75) is 157 Å². The Morgan fingerprint density at radius 2 is 0.645 bits per heavy atom. The van der Waals surface area contributed by atoms with Crippen molar-refractivity contribution in [1.82, 2.24) is 59.9 Å². The monoisotopic (exact) mass is 1710 g/mol. The minimum Gasteiger partial charge on any atom is -0.474 e. The highest BCUT2D eigenvalue weighted by molar-refractivity contribution is 7.17. The molecular weight excluding hydrogens is 1610 g/mol. The number of hydrogen-bond acceptors (Lipinski definition) is 25. The molecule has 0 spiro atoms. The summed E-state index contributed by atoms with van der Waals surface area (Å²) >= 11 is 6.48. The normalized spacial score (nSPS) is 18.8. The van der Waals surface area contributed by atoms with Gasteiger partial charge in [0.05, 0.1) is 129 Å². The number of aromatic nitrogens is 8. The number of nitrogens with zero attached hydrogens (tertiary/aromatic N) is 11. The number of likely N-dealkylation sites (tertiary alicyclic amines) is 3. The lowest BCUT2D eigenvalue weighted by molar-refractivity contribution is -0.147. The molecule has 0 unspecified atom stereocenters. The third-order valence-electron chi connectivity index (χ3n) is 22.2. The van der Waals surface area contributed by atoms with Crippen LogP contribution in [0.5, 0.6) is 0 Å². The second kappa shape index (κ2) is 40.8. The van der Waals surface area contributed by atoms with Gasteiger partial charge in [-0.05, 0) is 225 Å². The summed E-state index contributed by atoms with van der Waals surface area (Å²) in [6, 6.07) is 32.0. The highest BCUT2D eigenvalue weighted by atomic mass is 32.1. The number of aryl methyl sites for hydroxylation is 4. The molecule has 121 heavy (non-hydrogen) atoms. The number of anilines is 8. The lowest BCUT2D eigenvalue weighted by atomic mass is 9.89. The Morgan fingerprint density at radius 3 is 0.917 bits per heavy atom. The van der Waals surface area contributed by atoms with E-state index in [1.807, 2.05) is 104 Å². The molecule has 4 aliphatic heterocycles. The third-order valence-corrected chi connectivity index (χ3v) is 25.4. The average Bonchev–Trinajstić information content (AvgIpc) is 1.71. The van der Waals surface area contributed by atoms with Crippen LogP contribution < -0.4 is 49.5 Å². The van der Waals surface area contributed by atoms with Gasteiger partial charge >= 0.3 is 47.3 Å². The molecule has 632 valence electrons. The predicted molar refractivity (Wildman–Crippen MR) is 480 cm³/mol. The van der Waals surface area contributed by atoms with Crippen molar-refractivity contribution in [2.24, 2.45) is 23.7 Å². The molecule has 4 aromatic carbocycles. The fraction of sp³-hybridized carbons (Fsp3) is 0.364. The maximum absolute atomic E-state index is 13.1. The maximum atomic E-state index is 13.1. The Morgan fingerprint density at radius 1 is 0.372 bits per heavy atom. The first-order valence-corrected chi connectivity index (χ1v) is 44.2. The van der Waals surface area contributed by atoms with Crippen LogP contribution in [0.15, 0.2) is 144 Å². The number of carboxylic acid groups (broad SMARTS) is 1. The second-order valence-corrected chi connectivity index (χ2v) is 34.6. The summed E-state index contributed by atoms with van der Waals surface area (Å²) in [5.41, 5.74) is 43.8. The van der Waals surface area contributed by atoms with Gasteiger partial charge in [-0.2, -0.15) is 0 Å². The number of pyridine rings is 4. The molecule has 12 heterocycles. The smallest absolute Gasteiger partial charge is 0.394 e. The van der Waals surface area contributed by atoms with Crippen LogP contribution in [0.2, 0.25) is 0 Å². The fourth-order valence-electron chi connectivity index (χ4n) is 15.4. The molecule has 4 saturated heterocycles. The number of piperidine rings is 4. The Balaban J connectivity index is 0.000000142. The molecule has 0 saturated carbocycles. The van der Waals surface area contributed by atoms with Crippen LogP contribution in [0.4, 0.5) is 46.0 Å². The maximum Gasteiger partial charge on any atom is 0.394 e. The molecule has 29 nitrogen and oxygen atoms in total. The zero-order valence-corrected chi connectivity index (χ0v) is 72.1. The van der Waals surface area contributed by atoms with E-state index in [1.54, 1.807) is 84.3 Å². The van der Waals surface area contributed by atoms with Crippen molar-refractivity contribution >= 4 is 180 Å². The quantitative estimate of drug-likeness (QED) is 0.0508. The summed E-state index contributed by atoms with van der Waals surface area (Å²) in [5.74, 6) is -2.66. The van der Waals surface area contributed by atoms with E-state index in [1.165, 1.54) is 47.9 Å². The molecule has 0 bridgehead atoms. The minimum absolute atomic E-state index is 0.138. The molecule has 7 amide bonds. The lowest BCUT2D eigenvalue weighted by Gasteiger charge is -2.38. The first-order valence-electron chi connectivity index (χ1n) is 40.7. The summed E-state index contributed by atoms with van der Waals surface area (Å²) in [6.45, 7) is 19.2. The number of nitrogens with two attached hydrogens (primary N) is 4. The number of nitrogen functional groups attached to an aromatic ring is 4. The number of amides is 7. The predicted octanol–water partition coefficient (Wildman–Crippen LogP) is 14.9. The number of nitrogens with one attached hydrogen (secondary N) is 5. The molecule has 4 aliphatic rings. The average molecular weight is 1710 g/mol. The van der Waals surface area contributed by atoms with E-state index in [-0.39, 0.29) is 18.1 Å². The van der Waals surface area contributed by atoms with Crippen molar-refractivity contribution in [1.29, 1.82) is 0 Å². The highest BCUT2D eigenvalue weighted by Crippen LogP contribution is 2.40. The number of thiazole rings is 4. The van der Waals surface area contributed by atoms with Crippen LogP contribution in [0.1, 0.15) is 175 Å². The standard InChI is InChI=1S/3C22H25N5O2S.C13H16N2S.C9H11N3O3/c3*1-3-14-8-16(10-24-20(14)23)26-21(28)22(29)27-11-13(2)4-6-18(27)15-5-7-19-17(9-15)25-12-30-19;1-9-2-4-11(14-7-9)10-3-5-13-12(6-10)15-8-16-13;1-2-5-3-6(4-11-7(5)10)12-8(13)9(14)15/h3*5,7-10,12-13,18H,3-4,6,11H2,1-2H3,(H2,23,24)(H,26,28);3,5-6,8-9,11,14H,2,4,7H2,1H3;3-4H,2H2,1H3,(H2,10,11)(H,12,13)(H,14,15)/t3*13-,18+;9-,11+;/m1101./s1. The molecule has 14 N–H and O–H groups in total. The van der Waals surface area contributed by atoms with Gasteiger partial charge < -0.3 is 69.3 Å². The van der Waals surface area contributed by atoms with E-state index in [0.29, 0.717) is 115 Å². The topological polar surface area (TPSA) is 434 Å². The number of carboxylic acids is 1. The van der Waals surface area contributed by atoms with Crippen LogP contribution in [0.3, 0.4) is 0 Å². The van der Waals surface area contributed by atoms with Crippen LogP contribution in [0.25, 0.3) is 40.9 Å². The van der Waals surface area contributed by atoms with Gasteiger partial charge in [0.1, 0.15) is 23.3 Å². The number of carbonyl (C=O) groups is 8. The van der Waals surface area contributed by atoms with Crippen molar-refractivity contribution in [2.75, 3.05) is 70.4 Å². The van der Waals surface area contributed by atoms with Crippen molar-refractivity contribution in [3.8, 4) is 0 Å². The Bertz CT molecular complexity index is 5320. The van der Waals surface area contributed by atoms with Crippen LogP contribution in [-0.2, 0) is 64.0 Å². The van der Waals surface area contributed by atoms with Gasteiger partial charge in [-0.25, -0.2) is 44.7 Å². The van der Waals surface area contributed by atoms with Gasteiger partial charge in [-0.3, -0.25) is 33.6 Å². The Labute approximate surface area is 717 Å². The van der Waals surface area contributed by atoms with Crippen LogP contribution in [-0.4, -0.2) is 133 Å². The third kappa shape index (κ3) is 22.3. The first kappa shape index (κ1) is 88.3. The zero-order chi connectivity index (χ0) is 86.1. The fourth-order valence-corrected chi connectivity index (χ4v) is 18.0. The second-order valence-electron chi connectivity index (χ2n) is 31.0. The molecule has 12 aromatic rings. The number of hydrogen-bond donors (Lipinski definition) is 10. The van der Waals surface area contributed by atoms with E-state index < -0.39 is 47.3 Å². The van der Waals surface area contributed by atoms with Gasteiger partial charge in [0.15, 0.2) is 0 Å². The van der Waals surface area contributed by atoms with Gasteiger partial charge in [-0.1, -0.05) is 79.7 Å². The van der Waals surface area contributed by atoms with Crippen molar-refractivity contribution < 1.29 is 43.5 Å². The van der Waals surface area contributed by atoms with E-state index in [0.717, 1.165) is 126 Å². The number of carbonyl (C=O) groups excluding carboxylic acids is 7. The Hall–Kier alpha value is -12.0. The molecular formula is C88H102N20O9S4. The van der Waals surface area contributed by atoms with E-state index in [9.17, 15) is 38.4 Å². The van der Waals surface area contributed by atoms with Crippen molar-refractivity contribution in [3.05, 3.63) is 188 Å². The summed E-state index contributed by atoms with van der Waals surface area (Å²) < 4.78 is 4.62. The van der Waals surface area contributed by atoms with Crippen LogP contribution in [0, 0.1) is 23.7 Å². The molecule has 16 rings (SSSR count). The zero-order valence-electron chi connectivity index (χ0n) is 68.9. The van der Waals surface area contributed by atoms with E-state index >= 15 is 0 Å². The molecule has 0 aliphatic carbocycles. The summed E-state index contributed by atoms with van der Waals surface area (Å²) in [4.78, 5) is 138. The molecule has 4 fully saturated rings. The Kier molecular flexibility index (Phi) is 29.8. The number of rotatable bonds is 12. The highest BCUT2D eigenvalue weighted by Gasteiger charge is 2.38.